The van der Waals surface area contributed by atoms with Crippen molar-refractivity contribution in [2.45, 2.75) is 58.0 Å². The summed E-state index contributed by atoms with van der Waals surface area (Å²) in [6, 6.07) is 17.9. The van der Waals surface area contributed by atoms with E-state index in [4.69, 9.17) is 4.84 Å². The molecular weight excluding hydrogens is 610 g/mol. The molecule has 3 aromatic carbocycles. The van der Waals surface area contributed by atoms with Crippen molar-refractivity contribution < 1.29 is 32.7 Å². The maximum absolute atomic E-state index is 14.1. The number of nitrogens with zero attached hydrogens (tertiary/aromatic N) is 2. The maximum Gasteiger partial charge on any atom is 0.413 e. The van der Waals surface area contributed by atoms with Crippen molar-refractivity contribution in [1.82, 2.24) is 19.8 Å². The Morgan fingerprint density at radius 1 is 1.04 bits per heavy atom. The third kappa shape index (κ3) is 8.22. The number of anilines is 1. The van der Waals surface area contributed by atoms with Crippen LogP contribution in [0.15, 0.2) is 65.6 Å². The number of methoxy groups -OCH3 is 1. The van der Waals surface area contributed by atoms with E-state index in [0.29, 0.717) is 23.2 Å². The van der Waals surface area contributed by atoms with Crippen molar-refractivity contribution in [2.75, 3.05) is 25.5 Å². The Bertz CT molecular complexity index is 1790. The molecule has 0 unspecified atom stereocenters. The van der Waals surface area contributed by atoms with Crippen LogP contribution in [0.2, 0.25) is 0 Å². The number of sulfonamides is 1. The molecule has 0 bridgehead atoms. The van der Waals surface area contributed by atoms with Gasteiger partial charge in [-0.2, -0.15) is 9.79 Å². The van der Waals surface area contributed by atoms with Crippen molar-refractivity contribution in [3.63, 3.8) is 0 Å². The first-order valence-corrected chi connectivity index (χ1v) is 16.3. The second-order valence-corrected chi connectivity index (χ2v) is 13.6. The van der Waals surface area contributed by atoms with Crippen molar-refractivity contribution in [1.29, 1.82) is 0 Å². The summed E-state index contributed by atoms with van der Waals surface area (Å²) in [6.07, 6.45) is -1.40. The number of rotatable bonds is 13. The van der Waals surface area contributed by atoms with E-state index in [1.165, 1.54) is 30.5 Å². The first-order chi connectivity index (χ1) is 21.8. The van der Waals surface area contributed by atoms with Gasteiger partial charge >= 0.3 is 6.09 Å². The number of aliphatic hydroxyl groups excluding tert-OH is 1. The van der Waals surface area contributed by atoms with Crippen molar-refractivity contribution in [3.05, 3.63) is 82.9 Å². The van der Waals surface area contributed by atoms with Gasteiger partial charge < -0.3 is 19.7 Å². The van der Waals surface area contributed by atoms with E-state index in [-0.39, 0.29) is 35.8 Å². The molecule has 0 aliphatic carbocycles. The monoisotopic (exact) mass is 651 g/mol. The minimum Gasteiger partial charge on any atom is -0.453 e. The summed E-state index contributed by atoms with van der Waals surface area (Å²) >= 11 is 0. The van der Waals surface area contributed by atoms with Gasteiger partial charge in [-0.05, 0) is 66.6 Å². The number of aryl methyl sites for hydroxylation is 1. The average molecular weight is 652 g/mol. The highest BCUT2D eigenvalue weighted by atomic mass is 32.2. The zero-order valence-corrected chi connectivity index (χ0v) is 27.6. The summed E-state index contributed by atoms with van der Waals surface area (Å²) in [6.45, 7) is 8.88. The van der Waals surface area contributed by atoms with Crippen LogP contribution in [0.4, 0.5) is 10.7 Å². The van der Waals surface area contributed by atoms with Crippen LogP contribution in [0, 0.1) is 19.8 Å². The SMILES string of the molecule is COC(=O)Nc1nc2ccc(S(=O)(=O)N(CC(C)C)C[C@H](O)[C@@H](Cc3ccccc3)c3ccc(C)c(ONC(C)=O)c3C)cc2[nH]1. The molecule has 0 radical (unpaired) electrons. The number of amides is 2. The number of carbonyl (C=O) groups excluding carboxylic acids is 2. The third-order valence-electron chi connectivity index (χ3n) is 7.56. The molecule has 1 aromatic heterocycles. The molecule has 13 heteroatoms. The van der Waals surface area contributed by atoms with E-state index in [1.54, 1.807) is 6.07 Å². The Hall–Kier alpha value is -4.46. The number of H-pyrrole nitrogens is 1. The Labute approximate surface area is 269 Å². The van der Waals surface area contributed by atoms with E-state index < -0.39 is 28.1 Å². The molecule has 12 nitrogen and oxygen atoms in total. The summed E-state index contributed by atoms with van der Waals surface area (Å²) in [5.74, 6) is -0.331. The Kier molecular flexibility index (Phi) is 11.0. The minimum atomic E-state index is -4.09. The smallest absolute Gasteiger partial charge is 0.413 e. The minimum absolute atomic E-state index is 0.0123. The number of ether oxygens (including phenoxy) is 1. The molecule has 4 rings (SSSR count). The fraction of sp³-hybridized carbons (Fsp3) is 0.364. The molecule has 2 amide bonds. The van der Waals surface area contributed by atoms with Gasteiger partial charge in [0.15, 0.2) is 5.75 Å². The zero-order chi connectivity index (χ0) is 33.6. The summed E-state index contributed by atoms with van der Waals surface area (Å²) < 4.78 is 34.2. The number of fused-ring (bicyclic) bond motifs is 1. The molecule has 2 atom stereocenters. The predicted molar refractivity (Wildman–Crippen MR) is 175 cm³/mol. The van der Waals surface area contributed by atoms with E-state index >= 15 is 0 Å². The lowest BCUT2D eigenvalue weighted by Crippen LogP contribution is -2.42. The van der Waals surface area contributed by atoms with Crippen LogP contribution in [0.1, 0.15) is 48.9 Å². The molecule has 4 aromatic rings. The third-order valence-corrected chi connectivity index (χ3v) is 9.39. The standard InChI is InChI=1S/C33H41N5O7S/c1-20(2)18-38(46(42,43)25-13-15-28-29(17-25)35-32(34-28)36-33(41)44-6)19-30(40)27(16-24-10-8-7-9-11-24)26-14-12-21(3)31(22(26)4)45-37-23(5)39/h7-15,17,20,27,30,40H,16,18-19H2,1-6H3,(H,37,39)(H2,34,35,36,41)/t27-,30-/m0/s1. The van der Waals surface area contributed by atoms with Crippen LogP contribution in [0.25, 0.3) is 11.0 Å². The zero-order valence-electron chi connectivity index (χ0n) is 26.8. The Balaban J connectivity index is 1.71. The van der Waals surface area contributed by atoms with Crippen molar-refractivity contribution >= 4 is 39.0 Å². The van der Waals surface area contributed by atoms with Gasteiger partial charge in [-0.1, -0.05) is 56.3 Å². The fourth-order valence-electron chi connectivity index (χ4n) is 5.36. The van der Waals surface area contributed by atoms with Crippen LogP contribution in [-0.2, 0) is 26.0 Å². The molecule has 0 saturated heterocycles. The molecule has 0 aliphatic rings. The maximum atomic E-state index is 14.1. The summed E-state index contributed by atoms with van der Waals surface area (Å²) in [5.41, 5.74) is 6.51. The van der Waals surface area contributed by atoms with Gasteiger partial charge in [0, 0.05) is 25.9 Å². The highest BCUT2D eigenvalue weighted by Crippen LogP contribution is 2.35. The number of hydroxylamine groups is 1. The topological polar surface area (TPSA) is 163 Å². The van der Waals surface area contributed by atoms with Crippen molar-refractivity contribution in [3.8, 4) is 5.75 Å². The van der Waals surface area contributed by atoms with Crippen molar-refractivity contribution in [2.24, 2.45) is 5.92 Å². The van der Waals surface area contributed by atoms with E-state index in [0.717, 1.165) is 22.3 Å². The number of aliphatic hydroxyl groups is 1. The Morgan fingerprint density at radius 2 is 1.76 bits per heavy atom. The molecule has 246 valence electrons. The normalized spacial score (nSPS) is 13.1. The number of nitrogens with one attached hydrogen (secondary N) is 3. The quantitative estimate of drug-likeness (QED) is 0.150. The van der Waals surface area contributed by atoms with Crippen LogP contribution in [0.3, 0.4) is 0 Å². The average Bonchev–Trinajstić information content (AvgIpc) is 3.41. The number of imidazole rings is 1. The largest absolute Gasteiger partial charge is 0.453 e. The first kappa shape index (κ1) is 34.4. The van der Waals surface area contributed by atoms with Gasteiger partial charge in [-0.15, -0.1) is 0 Å². The lowest BCUT2D eigenvalue weighted by atomic mass is 9.84. The molecule has 0 fully saturated rings. The number of carbonyl (C=O) groups is 2. The van der Waals surface area contributed by atoms with Crippen LogP contribution in [-0.4, -0.2) is 66.1 Å². The van der Waals surface area contributed by atoms with Gasteiger partial charge in [0.2, 0.25) is 21.9 Å². The van der Waals surface area contributed by atoms with Crippen LogP contribution in [0.5, 0.6) is 5.75 Å². The number of benzene rings is 3. The van der Waals surface area contributed by atoms with Gasteiger partial charge in [0.25, 0.3) is 0 Å². The molecule has 0 spiro atoms. The molecule has 1 heterocycles. The number of hydrogen-bond acceptors (Lipinski definition) is 8. The Morgan fingerprint density at radius 3 is 2.41 bits per heavy atom. The fourth-order valence-corrected chi connectivity index (χ4v) is 7.01. The molecule has 46 heavy (non-hydrogen) atoms. The van der Waals surface area contributed by atoms with Crippen LogP contribution >= 0.6 is 0 Å². The van der Waals surface area contributed by atoms with Gasteiger partial charge in [-0.3, -0.25) is 10.1 Å². The summed E-state index contributed by atoms with van der Waals surface area (Å²) in [5, 5.41) is 14.4. The number of aromatic nitrogens is 2. The summed E-state index contributed by atoms with van der Waals surface area (Å²) in [7, 11) is -2.87. The van der Waals surface area contributed by atoms with E-state index in [1.807, 2.05) is 70.2 Å². The molecule has 0 aliphatic heterocycles. The van der Waals surface area contributed by atoms with Gasteiger partial charge in [0.1, 0.15) is 0 Å². The lowest BCUT2D eigenvalue weighted by molar-refractivity contribution is -0.125. The number of hydrogen-bond donors (Lipinski definition) is 4. The van der Waals surface area contributed by atoms with Gasteiger partial charge in [0.05, 0.1) is 29.1 Å². The van der Waals surface area contributed by atoms with E-state index in [2.05, 4.69) is 25.5 Å². The highest BCUT2D eigenvalue weighted by Gasteiger charge is 2.33. The second kappa shape index (κ2) is 14.8. The molecular formula is C33H41N5O7S. The molecule has 4 N–H and O–H groups in total. The molecule has 0 saturated carbocycles. The highest BCUT2D eigenvalue weighted by molar-refractivity contribution is 7.89. The predicted octanol–water partition coefficient (Wildman–Crippen LogP) is 4.82. The second-order valence-electron chi connectivity index (χ2n) is 11.6. The first-order valence-electron chi connectivity index (χ1n) is 14.9. The van der Waals surface area contributed by atoms with E-state index in [9.17, 15) is 23.1 Å². The number of aromatic amines is 1. The summed E-state index contributed by atoms with van der Waals surface area (Å²) in [4.78, 5) is 36.0. The van der Waals surface area contributed by atoms with Gasteiger partial charge in [-0.25, -0.2) is 18.2 Å². The lowest BCUT2D eigenvalue weighted by Gasteiger charge is -2.31. The van der Waals surface area contributed by atoms with Crippen LogP contribution < -0.4 is 15.6 Å².